The molecule has 0 aromatic heterocycles. The minimum Gasteiger partial charge on any atom is -0.329 e. The quantitative estimate of drug-likeness (QED) is 0.809. The Hall–Kier alpha value is 0.310. The Bertz CT molecular complexity index is 203. The number of rotatable bonds is 3. The van der Waals surface area contributed by atoms with Crippen molar-refractivity contribution in [1.29, 1.82) is 0 Å². The van der Waals surface area contributed by atoms with Crippen LogP contribution >= 0.6 is 11.8 Å². The lowest BCUT2D eigenvalue weighted by molar-refractivity contribution is 0.321. The van der Waals surface area contributed by atoms with Crippen LogP contribution in [0.4, 0.5) is 0 Å². The third-order valence-electron chi connectivity index (χ3n) is 4.53. The van der Waals surface area contributed by atoms with Gasteiger partial charge in [-0.1, -0.05) is 26.2 Å². The van der Waals surface area contributed by atoms with E-state index in [1.54, 1.807) is 0 Å². The molecule has 2 aliphatic carbocycles. The third-order valence-corrected chi connectivity index (χ3v) is 6.41. The minimum atomic E-state index is 0.453. The summed E-state index contributed by atoms with van der Waals surface area (Å²) in [5.74, 6) is 0.937. The maximum absolute atomic E-state index is 6.08. The van der Waals surface area contributed by atoms with E-state index in [-0.39, 0.29) is 0 Å². The van der Waals surface area contributed by atoms with Crippen molar-refractivity contribution in [2.24, 2.45) is 11.7 Å². The molecule has 0 spiro atoms. The van der Waals surface area contributed by atoms with Crippen LogP contribution < -0.4 is 5.73 Å². The molecule has 2 saturated carbocycles. The monoisotopic (exact) mass is 241 g/mol. The molecule has 0 heterocycles. The molecule has 1 nitrogen and oxygen atoms in total. The van der Waals surface area contributed by atoms with Gasteiger partial charge in [-0.25, -0.2) is 0 Å². The Balaban J connectivity index is 1.88. The summed E-state index contributed by atoms with van der Waals surface area (Å²) in [6.07, 6.45) is 12.8. The first-order chi connectivity index (χ1) is 7.74. The first-order valence-corrected chi connectivity index (χ1v) is 8.00. The molecule has 0 unspecified atom stereocenters. The van der Waals surface area contributed by atoms with Crippen LogP contribution in [0.3, 0.4) is 0 Å². The normalized spacial score (nSPS) is 37.5. The first-order valence-electron chi connectivity index (χ1n) is 7.12. The van der Waals surface area contributed by atoms with Gasteiger partial charge in [0, 0.05) is 16.5 Å². The average Bonchev–Trinajstić information content (AvgIpc) is 2.34. The summed E-state index contributed by atoms with van der Waals surface area (Å²) >= 11 is 2.27. The molecule has 0 aromatic carbocycles. The summed E-state index contributed by atoms with van der Waals surface area (Å²) in [6.45, 7) is 3.30. The van der Waals surface area contributed by atoms with Crippen LogP contribution in [0, 0.1) is 5.92 Å². The van der Waals surface area contributed by atoms with E-state index in [1.807, 2.05) is 0 Å². The summed E-state index contributed by atoms with van der Waals surface area (Å²) in [4.78, 5) is 0. The molecule has 2 heteroatoms. The molecule has 0 radical (unpaired) electrons. The van der Waals surface area contributed by atoms with Crippen molar-refractivity contribution in [2.45, 2.75) is 74.7 Å². The van der Waals surface area contributed by atoms with Crippen molar-refractivity contribution in [3.8, 4) is 0 Å². The van der Waals surface area contributed by atoms with Crippen LogP contribution in [0.15, 0.2) is 0 Å². The van der Waals surface area contributed by atoms with Gasteiger partial charge in [0.2, 0.25) is 0 Å². The SMILES string of the molecule is CC1CCC(CN)(SC2CCCCC2)CC1. The van der Waals surface area contributed by atoms with E-state index < -0.39 is 0 Å². The van der Waals surface area contributed by atoms with Crippen molar-refractivity contribution in [1.82, 2.24) is 0 Å². The average molecular weight is 241 g/mol. The third kappa shape index (κ3) is 3.16. The molecule has 2 aliphatic rings. The number of thioether (sulfide) groups is 1. The summed E-state index contributed by atoms with van der Waals surface area (Å²) in [5, 5.41) is 0.922. The van der Waals surface area contributed by atoms with Crippen LogP contribution in [0.1, 0.15) is 64.7 Å². The van der Waals surface area contributed by atoms with Crippen molar-refractivity contribution in [3.05, 3.63) is 0 Å². The van der Waals surface area contributed by atoms with Crippen LogP contribution in [-0.2, 0) is 0 Å². The number of hydrogen-bond acceptors (Lipinski definition) is 2. The molecule has 94 valence electrons. The molecule has 2 N–H and O–H groups in total. The largest absolute Gasteiger partial charge is 0.329 e. The second-order valence-corrected chi connectivity index (χ2v) is 7.72. The van der Waals surface area contributed by atoms with Crippen molar-refractivity contribution < 1.29 is 0 Å². The Labute approximate surface area is 105 Å². The second-order valence-electron chi connectivity index (χ2n) is 5.95. The van der Waals surface area contributed by atoms with Gasteiger partial charge in [0.1, 0.15) is 0 Å². The smallest absolute Gasteiger partial charge is 0.0285 e. The van der Waals surface area contributed by atoms with E-state index in [0.717, 1.165) is 17.7 Å². The fraction of sp³-hybridized carbons (Fsp3) is 1.00. The molecule has 2 fully saturated rings. The Morgan fingerprint density at radius 2 is 1.69 bits per heavy atom. The Morgan fingerprint density at radius 3 is 2.25 bits per heavy atom. The van der Waals surface area contributed by atoms with Crippen molar-refractivity contribution in [3.63, 3.8) is 0 Å². The van der Waals surface area contributed by atoms with Gasteiger partial charge in [-0.05, 0) is 44.4 Å². The topological polar surface area (TPSA) is 26.0 Å². The van der Waals surface area contributed by atoms with Gasteiger partial charge < -0.3 is 5.73 Å². The van der Waals surface area contributed by atoms with Crippen LogP contribution in [-0.4, -0.2) is 16.5 Å². The lowest BCUT2D eigenvalue weighted by Crippen LogP contribution is -2.40. The molecular formula is C14H27NS. The van der Waals surface area contributed by atoms with E-state index in [4.69, 9.17) is 5.73 Å². The van der Waals surface area contributed by atoms with Gasteiger partial charge >= 0.3 is 0 Å². The predicted octanol–water partition coefficient (Wildman–Crippen LogP) is 3.96. The van der Waals surface area contributed by atoms with Gasteiger partial charge in [-0.2, -0.15) is 11.8 Å². The van der Waals surface area contributed by atoms with E-state index in [1.165, 1.54) is 57.8 Å². The maximum atomic E-state index is 6.08. The van der Waals surface area contributed by atoms with Crippen LogP contribution in [0.2, 0.25) is 0 Å². The second kappa shape index (κ2) is 5.77. The zero-order valence-corrected chi connectivity index (χ0v) is 11.5. The lowest BCUT2D eigenvalue weighted by Gasteiger charge is -2.41. The maximum Gasteiger partial charge on any atom is 0.0285 e. The molecule has 0 saturated heterocycles. The molecule has 0 aliphatic heterocycles. The highest BCUT2D eigenvalue weighted by Gasteiger charge is 2.35. The zero-order chi connectivity index (χ0) is 11.4. The zero-order valence-electron chi connectivity index (χ0n) is 10.7. The van der Waals surface area contributed by atoms with E-state index >= 15 is 0 Å². The molecule has 0 bridgehead atoms. The van der Waals surface area contributed by atoms with Crippen LogP contribution in [0.5, 0.6) is 0 Å². The van der Waals surface area contributed by atoms with Gasteiger partial charge in [-0.3, -0.25) is 0 Å². The minimum absolute atomic E-state index is 0.453. The van der Waals surface area contributed by atoms with Crippen molar-refractivity contribution in [2.75, 3.05) is 6.54 Å². The fourth-order valence-corrected chi connectivity index (χ4v) is 5.04. The predicted molar refractivity (Wildman–Crippen MR) is 73.9 cm³/mol. The molecule has 0 atom stereocenters. The number of hydrogen-bond donors (Lipinski definition) is 1. The number of nitrogens with two attached hydrogens (primary N) is 1. The molecule has 0 amide bonds. The van der Waals surface area contributed by atoms with Gasteiger partial charge in [-0.15, -0.1) is 0 Å². The first kappa shape index (κ1) is 12.8. The fourth-order valence-electron chi connectivity index (χ4n) is 3.19. The van der Waals surface area contributed by atoms with E-state index in [2.05, 4.69) is 18.7 Å². The summed E-state index contributed by atoms with van der Waals surface area (Å²) in [7, 11) is 0. The Kier molecular flexibility index (Phi) is 4.60. The van der Waals surface area contributed by atoms with Gasteiger partial charge in [0.15, 0.2) is 0 Å². The lowest BCUT2D eigenvalue weighted by atomic mass is 9.82. The summed E-state index contributed by atoms with van der Waals surface area (Å²) < 4.78 is 0.453. The molecule has 0 aromatic rings. The van der Waals surface area contributed by atoms with E-state index in [9.17, 15) is 0 Å². The highest BCUT2D eigenvalue weighted by molar-refractivity contribution is 8.01. The van der Waals surface area contributed by atoms with Gasteiger partial charge in [0.25, 0.3) is 0 Å². The molecular weight excluding hydrogens is 214 g/mol. The standard InChI is InChI=1S/C14H27NS/c1-12-7-9-14(11-15,10-8-12)16-13-5-3-2-4-6-13/h12-13H,2-11,15H2,1H3. The van der Waals surface area contributed by atoms with Crippen molar-refractivity contribution >= 4 is 11.8 Å². The summed E-state index contributed by atoms with van der Waals surface area (Å²) in [6, 6.07) is 0. The Morgan fingerprint density at radius 1 is 1.06 bits per heavy atom. The molecule has 16 heavy (non-hydrogen) atoms. The van der Waals surface area contributed by atoms with E-state index in [0.29, 0.717) is 4.75 Å². The molecule has 2 rings (SSSR count). The summed E-state index contributed by atoms with van der Waals surface area (Å²) in [5.41, 5.74) is 6.08. The highest BCUT2D eigenvalue weighted by atomic mass is 32.2. The highest BCUT2D eigenvalue weighted by Crippen LogP contribution is 2.45. The van der Waals surface area contributed by atoms with Gasteiger partial charge in [0.05, 0.1) is 0 Å². The van der Waals surface area contributed by atoms with Crippen LogP contribution in [0.25, 0.3) is 0 Å².